The van der Waals surface area contributed by atoms with Gasteiger partial charge in [0.15, 0.2) is 5.83 Å². The SMILES string of the molecule is CCCCCCCC=C(F)C(F)(F)OC. The van der Waals surface area contributed by atoms with Crippen LogP contribution in [0.1, 0.15) is 45.4 Å². The number of methoxy groups -OCH3 is 1. The molecule has 4 heteroatoms. The van der Waals surface area contributed by atoms with Crippen molar-refractivity contribution in [3.05, 3.63) is 11.9 Å². The van der Waals surface area contributed by atoms with E-state index in [0.717, 1.165) is 45.3 Å². The first kappa shape index (κ1) is 14.5. The Bertz CT molecular complexity index is 190. The van der Waals surface area contributed by atoms with Gasteiger partial charge in [-0.3, -0.25) is 0 Å². The summed E-state index contributed by atoms with van der Waals surface area (Å²) in [5.41, 5.74) is 0. The summed E-state index contributed by atoms with van der Waals surface area (Å²) in [6, 6.07) is 0. The number of hydrogen-bond acceptors (Lipinski definition) is 1. The first-order valence-electron chi connectivity index (χ1n) is 5.33. The zero-order chi connectivity index (χ0) is 11.7. The molecule has 0 unspecified atom stereocenters. The Morgan fingerprint density at radius 3 is 2.33 bits per heavy atom. The van der Waals surface area contributed by atoms with Gasteiger partial charge < -0.3 is 4.74 Å². The number of allylic oxidation sites excluding steroid dienone is 1. The molecule has 1 nitrogen and oxygen atoms in total. The maximum atomic E-state index is 12.7. The molecule has 90 valence electrons. The Balaban J connectivity index is 3.67. The van der Waals surface area contributed by atoms with E-state index in [1.807, 2.05) is 0 Å². The van der Waals surface area contributed by atoms with Crippen molar-refractivity contribution in [3.63, 3.8) is 0 Å². The van der Waals surface area contributed by atoms with Crippen molar-refractivity contribution in [1.82, 2.24) is 0 Å². The molecule has 0 radical (unpaired) electrons. The first-order valence-corrected chi connectivity index (χ1v) is 5.33. The van der Waals surface area contributed by atoms with Crippen LogP contribution in [0.2, 0.25) is 0 Å². The van der Waals surface area contributed by atoms with E-state index in [0.29, 0.717) is 6.42 Å². The normalized spacial score (nSPS) is 13.3. The fourth-order valence-electron chi connectivity index (χ4n) is 1.19. The molecule has 0 bridgehead atoms. The van der Waals surface area contributed by atoms with Gasteiger partial charge in [0.25, 0.3) is 0 Å². The summed E-state index contributed by atoms with van der Waals surface area (Å²) in [5.74, 6) is -1.49. The molecule has 0 atom stereocenters. The third-order valence-corrected chi connectivity index (χ3v) is 2.17. The van der Waals surface area contributed by atoms with Gasteiger partial charge in [0.2, 0.25) is 0 Å². The third-order valence-electron chi connectivity index (χ3n) is 2.17. The lowest BCUT2D eigenvalue weighted by molar-refractivity contribution is -0.202. The highest BCUT2D eigenvalue weighted by Gasteiger charge is 2.34. The number of hydrogen-bond donors (Lipinski definition) is 0. The summed E-state index contributed by atoms with van der Waals surface area (Å²) in [7, 11) is 0.786. The van der Waals surface area contributed by atoms with Crippen LogP contribution >= 0.6 is 0 Å². The van der Waals surface area contributed by atoms with Gasteiger partial charge in [-0.05, 0) is 18.9 Å². The van der Waals surface area contributed by atoms with E-state index in [-0.39, 0.29) is 0 Å². The molecule has 0 aliphatic carbocycles. The highest BCUT2D eigenvalue weighted by molar-refractivity contribution is 4.99. The number of alkyl halides is 2. The molecule has 0 aliphatic heterocycles. The largest absolute Gasteiger partial charge is 0.408 e. The molecule has 0 aromatic rings. The minimum atomic E-state index is -3.76. The van der Waals surface area contributed by atoms with Crippen LogP contribution in [0.3, 0.4) is 0 Å². The molecule has 0 N–H and O–H groups in total. The average molecular weight is 224 g/mol. The molecule has 0 spiro atoms. The summed E-state index contributed by atoms with van der Waals surface area (Å²) in [4.78, 5) is 0. The van der Waals surface area contributed by atoms with Gasteiger partial charge in [-0.1, -0.05) is 32.6 Å². The van der Waals surface area contributed by atoms with Crippen molar-refractivity contribution in [1.29, 1.82) is 0 Å². The Morgan fingerprint density at radius 2 is 1.80 bits per heavy atom. The van der Waals surface area contributed by atoms with Crippen molar-refractivity contribution in [2.24, 2.45) is 0 Å². The standard InChI is InChI=1S/C11H19F3O/c1-3-4-5-6-7-8-9-10(12)11(13,14)15-2/h9H,3-8H2,1-2H3. The number of rotatable bonds is 8. The van der Waals surface area contributed by atoms with Gasteiger partial charge >= 0.3 is 6.11 Å². The van der Waals surface area contributed by atoms with Crippen LogP contribution in [-0.4, -0.2) is 13.2 Å². The predicted octanol–water partition coefficient (Wildman–Crippen LogP) is 4.44. The second-order valence-electron chi connectivity index (χ2n) is 3.48. The minimum absolute atomic E-state index is 0.342. The quantitative estimate of drug-likeness (QED) is 0.554. The van der Waals surface area contributed by atoms with E-state index in [9.17, 15) is 13.2 Å². The monoisotopic (exact) mass is 224 g/mol. The maximum Gasteiger partial charge on any atom is 0.408 e. The van der Waals surface area contributed by atoms with Crippen LogP contribution in [0.5, 0.6) is 0 Å². The van der Waals surface area contributed by atoms with Crippen molar-refractivity contribution >= 4 is 0 Å². The van der Waals surface area contributed by atoms with Crippen LogP contribution in [0.15, 0.2) is 11.9 Å². The average Bonchev–Trinajstić information content (AvgIpc) is 2.22. The van der Waals surface area contributed by atoms with Crippen molar-refractivity contribution in [2.45, 2.75) is 51.6 Å². The summed E-state index contributed by atoms with van der Waals surface area (Å²) < 4.78 is 41.5. The maximum absolute atomic E-state index is 12.7. The van der Waals surface area contributed by atoms with Crippen molar-refractivity contribution in [3.8, 4) is 0 Å². The van der Waals surface area contributed by atoms with Gasteiger partial charge in [-0.25, -0.2) is 4.39 Å². The zero-order valence-electron chi connectivity index (χ0n) is 9.36. The molecule has 0 fully saturated rings. The molecule has 15 heavy (non-hydrogen) atoms. The van der Waals surface area contributed by atoms with E-state index >= 15 is 0 Å². The second kappa shape index (κ2) is 7.74. The lowest BCUT2D eigenvalue weighted by atomic mass is 10.1. The Kier molecular flexibility index (Phi) is 7.48. The molecule has 0 amide bonds. The highest BCUT2D eigenvalue weighted by atomic mass is 19.3. The zero-order valence-corrected chi connectivity index (χ0v) is 9.36. The van der Waals surface area contributed by atoms with Crippen LogP contribution in [-0.2, 0) is 4.74 Å². The molecule has 0 saturated carbocycles. The van der Waals surface area contributed by atoms with Gasteiger partial charge in [0, 0.05) is 7.11 Å². The van der Waals surface area contributed by atoms with Gasteiger partial charge in [-0.2, -0.15) is 8.78 Å². The smallest absolute Gasteiger partial charge is 0.318 e. The van der Waals surface area contributed by atoms with Crippen LogP contribution in [0.4, 0.5) is 13.2 Å². The molecule has 0 saturated heterocycles. The Hall–Kier alpha value is -0.510. The van der Waals surface area contributed by atoms with Crippen LogP contribution in [0.25, 0.3) is 0 Å². The van der Waals surface area contributed by atoms with Crippen molar-refractivity contribution in [2.75, 3.05) is 7.11 Å². The second-order valence-corrected chi connectivity index (χ2v) is 3.48. The topological polar surface area (TPSA) is 9.23 Å². The number of ether oxygens (including phenoxy) is 1. The molecule has 0 aromatic carbocycles. The van der Waals surface area contributed by atoms with E-state index in [1.54, 1.807) is 0 Å². The minimum Gasteiger partial charge on any atom is -0.318 e. The van der Waals surface area contributed by atoms with E-state index in [1.165, 1.54) is 0 Å². The molecule has 0 aliphatic rings. The van der Waals surface area contributed by atoms with E-state index in [2.05, 4.69) is 11.7 Å². The molecule has 0 rings (SSSR count). The van der Waals surface area contributed by atoms with E-state index < -0.39 is 11.9 Å². The molecule has 0 aromatic heterocycles. The molecule has 0 heterocycles. The number of unbranched alkanes of at least 4 members (excludes halogenated alkanes) is 5. The van der Waals surface area contributed by atoms with Crippen LogP contribution in [0, 0.1) is 0 Å². The third kappa shape index (κ3) is 6.55. The molecular formula is C11H19F3O. The summed E-state index contributed by atoms with van der Waals surface area (Å²) in [6.07, 6.45) is 2.54. The van der Waals surface area contributed by atoms with Crippen molar-refractivity contribution < 1.29 is 17.9 Å². The number of halogens is 3. The summed E-state index contributed by atoms with van der Waals surface area (Å²) >= 11 is 0. The van der Waals surface area contributed by atoms with Crippen LogP contribution < -0.4 is 0 Å². The Morgan fingerprint density at radius 1 is 1.20 bits per heavy atom. The first-order chi connectivity index (χ1) is 7.04. The fraction of sp³-hybridized carbons (Fsp3) is 0.818. The summed E-state index contributed by atoms with van der Waals surface area (Å²) in [5, 5.41) is 0. The lowest BCUT2D eigenvalue weighted by Gasteiger charge is -2.10. The van der Waals surface area contributed by atoms with Gasteiger partial charge in [0.05, 0.1) is 0 Å². The molecular weight excluding hydrogens is 205 g/mol. The van der Waals surface area contributed by atoms with Gasteiger partial charge in [-0.15, -0.1) is 0 Å². The highest BCUT2D eigenvalue weighted by Crippen LogP contribution is 2.26. The van der Waals surface area contributed by atoms with Gasteiger partial charge in [0.1, 0.15) is 0 Å². The predicted molar refractivity (Wildman–Crippen MR) is 54.5 cm³/mol. The fourth-order valence-corrected chi connectivity index (χ4v) is 1.19. The summed E-state index contributed by atoms with van der Waals surface area (Å²) in [6.45, 7) is 2.10. The van der Waals surface area contributed by atoms with E-state index in [4.69, 9.17) is 0 Å². The Labute approximate surface area is 89.3 Å². The lowest BCUT2D eigenvalue weighted by Crippen LogP contribution is -2.19.